The number of benzene rings is 1. The van der Waals surface area contributed by atoms with E-state index in [1.54, 1.807) is 30.6 Å². The highest BCUT2D eigenvalue weighted by Gasteiger charge is 2.53. The molecule has 3 aliphatic rings. The minimum atomic E-state index is -3.31. The Labute approximate surface area is 192 Å². The molecule has 1 aliphatic heterocycles. The molecule has 9 heteroatoms. The fraction of sp³-hybridized carbons (Fsp3) is 0.458. The zero-order chi connectivity index (χ0) is 22.6. The number of carbonyl (C=O) groups is 1. The minimum Gasteiger partial charge on any atom is -0.352 e. The molecule has 0 bridgehead atoms. The highest BCUT2D eigenvalue weighted by molar-refractivity contribution is 7.92. The monoisotopic (exact) mass is 465 g/mol. The molecular weight excluding hydrogens is 438 g/mol. The molecule has 0 unspecified atom stereocenters. The molecule has 3 heterocycles. The summed E-state index contributed by atoms with van der Waals surface area (Å²) in [5, 5.41) is 0.710. The van der Waals surface area contributed by atoms with E-state index in [-0.39, 0.29) is 16.7 Å². The fourth-order valence-corrected chi connectivity index (χ4v) is 7.35. The van der Waals surface area contributed by atoms with Crippen LogP contribution in [0.15, 0.2) is 47.8 Å². The number of amides is 1. The number of H-pyrrole nitrogens is 1. The predicted molar refractivity (Wildman–Crippen MR) is 125 cm³/mol. The van der Waals surface area contributed by atoms with Gasteiger partial charge in [0.1, 0.15) is 17.8 Å². The Balaban J connectivity index is 1.21. The SMILES string of the molecule is O=C(c1ccc(S(=O)(=O)C2CCCC2)cc1)N1CCN(c2ncnc3[nH]ccc23)CC12CC2. The van der Waals surface area contributed by atoms with Crippen molar-refractivity contribution >= 4 is 32.6 Å². The number of sulfone groups is 1. The van der Waals surface area contributed by atoms with Gasteiger partial charge in [0.05, 0.1) is 21.1 Å². The first kappa shape index (κ1) is 20.7. The summed E-state index contributed by atoms with van der Waals surface area (Å²) in [4.78, 5) is 29.9. The molecule has 2 saturated carbocycles. The van der Waals surface area contributed by atoms with Crippen molar-refractivity contribution in [3.8, 4) is 0 Å². The number of carbonyl (C=O) groups excluding carboxylic acids is 1. The van der Waals surface area contributed by atoms with Crippen LogP contribution >= 0.6 is 0 Å². The third kappa shape index (κ3) is 3.40. The Morgan fingerprint density at radius 2 is 1.79 bits per heavy atom. The van der Waals surface area contributed by atoms with Gasteiger partial charge >= 0.3 is 0 Å². The van der Waals surface area contributed by atoms with Crippen molar-refractivity contribution < 1.29 is 13.2 Å². The van der Waals surface area contributed by atoms with Gasteiger partial charge in [-0.05, 0) is 56.0 Å². The van der Waals surface area contributed by atoms with Crippen molar-refractivity contribution in [2.75, 3.05) is 24.5 Å². The summed E-state index contributed by atoms with van der Waals surface area (Å²) in [6.45, 7) is 2.04. The molecule has 0 radical (unpaired) electrons. The number of piperazine rings is 1. The summed E-state index contributed by atoms with van der Waals surface area (Å²) in [7, 11) is -3.31. The second-order valence-electron chi connectivity index (χ2n) is 9.52. The number of aromatic amines is 1. The lowest BCUT2D eigenvalue weighted by atomic mass is 10.1. The van der Waals surface area contributed by atoms with Crippen LogP contribution in [0.5, 0.6) is 0 Å². The lowest BCUT2D eigenvalue weighted by Gasteiger charge is -2.43. The van der Waals surface area contributed by atoms with Gasteiger partial charge in [-0.1, -0.05) is 12.8 Å². The van der Waals surface area contributed by atoms with Crippen LogP contribution in [0.2, 0.25) is 0 Å². The zero-order valence-electron chi connectivity index (χ0n) is 18.4. The molecule has 3 aromatic rings. The molecule has 1 amide bonds. The van der Waals surface area contributed by atoms with E-state index >= 15 is 0 Å². The van der Waals surface area contributed by atoms with Gasteiger partial charge in [-0.2, -0.15) is 0 Å². The first-order valence-corrected chi connectivity index (χ1v) is 13.2. The van der Waals surface area contributed by atoms with Crippen molar-refractivity contribution in [3.05, 3.63) is 48.4 Å². The van der Waals surface area contributed by atoms with Gasteiger partial charge in [-0.15, -0.1) is 0 Å². The van der Waals surface area contributed by atoms with Crippen LogP contribution in [0.3, 0.4) is 0 Å². The smallest absolute Gasteiger partial charge is 0.254 e. The molecule has 8 nitrogen and oxygen atoms in total. The van der Waals surface area contributed by atoms with Gasteiger partial charge in [0.25, 0.3) is 5.91 Å². The average Bonchev–Trinajstić information content (AvgIpc) is 3.25. The number of hydrogen-bond acceptors (Lipinski definition) is 6. The maximum atomic E-state index is 13.4. The Bertz CT molecular complexity index is 1310. The van der Waals surface area contributed by atoms with Crippen molar-refractivity contribution in [1.82, 2.24) is 19.9 Å². The maximum absolute atomic E-state index is 13.4. The average molecular weight is 466 g/mol. The molecule has 0 atom stereocenters. The van der Waals surface area contributed by atoms with Crippen molar-refractivity contribution in [1.29, 1.82) is 0 Å². The van der Waals surface area contributed by atoms with E-state index < -0.39 is 9.84 Å². The highest BCUT2D eigenvalue weighted by atomic mass is 32.2. The number of nitrogens with one attached hydrogen (secondary N) is 1. The van der Waals surface area contributed by atoms with E-state index in [9.17, 15) is 13.2 Å². The van der Waals surface area contributed by atoms with E-state index in [0.29, 0.717) is 23.5 Å². The van der Waals surface area contributed by atoms with Gasteiger partial charge < -0.3 is 14.8 Å². The van der Waals surface area contributed by atoms with Crippen LogP contribution < -0.4 is 4.90 Å². The Hall–Kier alpha value is -2.94. The first-order chi connectivity index (χ1) is 16.0. The van der Waals surface area contributed by atoms with Crippen LogP contribution in [0.4, 0.5) is 5.82 Å². The summed E-state index contributed by atoms with van der Waals surface area (Å²) >= 11 is 0. The summed E-state index contributed by atoms with van der Waals surface area (Å²) in [6.07, 6.45) is 8.78. The summed E-state index contributed by atoms with van der Waals surface area (Å²) in [5.74, 6) is 0.882. The Morgan fingerprint density at radius 3 is 2.52 bits per heavy atom. The number of rotatable bonds is 4. The summed E-state index contributed by atoms with van der Waals surface area (Å²) in [5.41, 5.74) is 1.18. The number of nitrogens with zero attached hydrogens (tertiary/aromatic N) is 4. The van der Waals surface area contributed by atoms with Gasteiger partial charge in [0, 0.05) is 31.4 Å². The number of aromatic nitrogens is 3. The molecule has 3 fully saturated rings. The topological polar surface area (TPSA) is 99.3 Å². The number of hydrogen-bond donors (Lipinski definition) is 1. The Morgan fingerprint density at radius 1 is 1.03 bits per heavy atom. The molecule has 6 rings (SSSR count). The van der Waals surface area contributed by atoms with Gasteiger partial charge in [-0.25, -0.2) is 18.4 Å². The highest BCUT2D eigenvalue weighted by Crippen LogP contribution is 2.46. The third-order valence-corrected chi connectivity index (χ3v) is 9.81. The molecule has 1 spiro atoms. The lowest BCUT2D eigenvalue weighted by Crippen LogP contribution is -2.57. The van der Waals surface area contributed by atoms with E-state index in [1.165, 1.54) is 0 Å². The van der Waals surface area contributed by atoms with Crippen molar-refractivity contribution in [3.63, 3.8) is 0 Å². The second kappa shape index (κ2) is 7.55. The van der Waals surface area contributed by atoms with Gasteiger partial charge in [0.15, 0.2) is 9.84 Å². The van der Waals surface area contributed by atoms with Crippen molar-refractivity contribution in [2.24, 2.45) is 0 Å². The fourth-order valence-electron chi connectivity index (χ4n) is 5.49. The van der Waals surface area contributed by atoms with Crippen LogP contribution in [0.1, 0.15) is 48.9 Å². The molecule has 172 valence electrons. The van der Waals surface area contributed by atoms with Crippen LogP contribution in [0.25, 0.3) is 11.0 Å². The van der Waals surface area contributed by atoms with Crippen LogP contribution in [-0.4, -0.2) is 64.6 Å². The lowest BCUT2D eigenvalue weighted by molar-refractivity contribution is 0.0624. The maximum Gasteiger partial charge on any atom is 0.254 e. The third-order valence-electron chi connectivity index (χ3n) is 7.53. The van der Waals surface area contributed by atoms with Crippen molar-refractivity contribution in [2.45, 2.75) is 54.2 Å². The van der Waals surface area contributed by atoms with E-state index in [0.717, 1.165) is 61.9 Å². The molecular formula is C24H27N5O3S. The largest absolute Gasteiger partial charge is 0.352 e. The normalized spacial score (nSPS) is 20.6. The van der Waals surface area contributed by atoms with Gasteiger partial charge in [0.2, 0.25) is 0 Å². The number of fused-ring (bicyclic) bond motifs is 1. The van der Waals surface area contributed by atoms with E-state index in [1.807, 2.05) is 17.2 Å². The summed E-state index contributed by atoms with van der Waals surface area (Å²) in [6, 6.07) is 8.57. The van der Waals surface area contributed by atoms with Gasteiger partial charge in [-0.3, -0.25) is 4.79 Å². The number of anilines is 1. The minimum absolute atomic E-state index is 0.0218. The molecule has 1 aromatic carbocycles. The molecule has 2 aliphatic carbocycles. The molecule has 1 N–H and O–H groups in total. The standard InChI is InChI=1S/C24H27N5O3S/c30-23(17-5-7-19(8-6-17)33(31,32)18-3-1-2-4-18)29-14-13-28(15-24(29)10-11-24)22-20-9-12-25-21(20)26-16-27-22/h5-9,12,16,18H,1-4,10-11,13-15H2,(H,25,26,27). The van der Waals surface area contributed by atoms with Crippen LogP contribution in [-0.2, 0) is 9.84 Å². The predicted octanol–water partition coefficient (Wildman–Crippen LogP) is 3.17. The first-order valence-electron chi connectivity index (χ1n) is 11.7. The second-order valence-corrected chi connectivity index (χ2v) is 11.7. The molecule has 2 aromatic heterocycles. The molecule has 1 saturated heterocycles. The zero-order valence-corrected chi connectivity index (χ0v) is 19.2. The summed E-state index contributed by atoms with van der Waals surface area (Å²) < 4.78 is 25.7. The van der Waals surface area contributed by atoms with E-state index in [2.05, 4.69) is 19.9 Å². The Kier molecular flexibility index (Phi) is 4.72. The van der Waals surface area contributed by atoms with Crippen LogP contribution in [0, 0.1) is 0 Å². The quantitative estimate of drug-likeness (QED) is 0.635. The molecule has 33 heavy (non-hydrogen) atoms. The van der Waals surface area contributed by atoms with E-state index in [4.69, 9.17) is 0 Å².